The van der Waals surface area contributed by atoms with E-state index in [0.29, 0.717) is 37.7 Å². The van der Waals surface area contributed by atoms with E-state index in [-0.39, 0.29) is 27.3 Å². The quantitative estimate of drug-likeness (QED) is 0.161. The van der Waals surface area contributed by atoms with Gasteiger partial charge in [0.05, 0.1) is 38.4 Å². The van der Waals surface area contributed by atoms with Crippen molar-refractivity contribution in [2.45, 2.75) is 19.9 Å². The number of allylic oxidation sites excluding steroid dienone is 1. The van der Waals surface area contributed by atoms with Crippen molar-refractivity contribution < 1.29 is 18.9 Å². The van der Waals surface area contributed by atoms with Crippen LogP contribution in [0, 0.1) is 10.1 Å². The number of thiazole rings is 1. The van der Waals surface area contributed by atoms with Gasteiger partial charge in [0, 0.05) is 17.7 Å². The lowest BCUT2D eigenvalue weighted by atomic mass is 9.96. The number of hydrogen-bond acceptors (Lipinski definition) is 8. The number of rotatable bonds is 6. The Kier molecular flexibility index (Phi) is 7.39. The lowest BCUT2D eigenvalue weighted by molar-refractivity contribution is -0.385. The van der Waals surface area contributed by atoms with Gasteiger partial charge >= 0.3 is 5.97 Å². The van der Waals surface area contributed by atoms with Gasteiger partial charge < -0.3 is 9.15 Å². The topological polar surface area (TPSA) is 117 Å². The maximum atomic E-state index is 13.7. The molecule has 0 saturated heterocycles. The number of halogens is 2. The van der Waals surface area contributed by atoms with Crippen LogP contribution in [-0.2, 0) is 9.53 Å². The molecule has 4 aromatic rings. The van der Waals surface area contributed by atoms with Crippen molar-refractivity contribution in [3.05, 3.63) is 116 Å². The molecule has 1 atom stereocenters. The van der Waals surface area contributed by atoms with Crippen molar-refractivity contribution >= 4 is 56.6 Å². The average Bonchev–Trinajstić information content (AvgIpc) is 3.49. The van der Waals surface area contributed by atoms with Crippen LogP contribution in [0.2, 0.25) is 5.02 Å². The summed E-state index contributed by atoms with van der Waals surface area (Å²) in [5.41, 5.74) is 1.39. The van der Waals surface area contributed by atoms with E-state index in [1.165, 1.54) is 22.0 Å². The number of aromatic nitrogens is 1. The monoisotopic (exact) mass is 627 g/mol. The lowest BCUT2D eigenvalue weighted by Gasteiger charge is -2.24. The first-order valence-corrected chi connectivity index (χ1v) is 13.7. The molecule has 0 fully saturated rings. The number of carbonyl (C=O) groups is 1. The van der Waals surface area contributed by atoms with Gasteiger partial charge in [-0.1, -0.05) is 53.3 Å². The number of esters is 1. The highest BCUT2D eigenvalue weighted by Gasteiger charge is 2.33. The largest absolute Gasteiger partial charge is 0.463 e. The number of benzene rings is 2. The molecule has 1 aliphatic rings. The molecular weight excluding hydrogens is 610 g/mol. The molecule has 2 aromatic heterocycles. The summed E-state index contributed by atoms with van der Waals surface area (Å²) < 4.78 is 13.2. The van der Waals surface area contributed by atoms with Gasteiger partial charge in [0.1, 0.15) is 16.0 Å². The number of hydrogen-bond donors (Lipinski definition) is 0. The van der Waals surface area contributed by atoms with Crippen LogP contribution in [0.4, 0.5) is 5.69 Å². The van der Waals surface area contributed by atoms with Crippen LogP contribution in [0.15, 0.2) is 84.5 Å². The molecule has 0 aliphatic carbocycles. The predicted molar refractivity (Wildman–Crippen MR) is 150 cm³/mol. The Balaban J connectivity index is 1.61. The lowest BCUT2D eigenvalue weighted by Crippen LogP contribution is -2.39. The molecule has 0 unspecified atom stereocenters. The normalized spacial score (nSPS) is 15.2. The summed E-state index contributed by atoms with van der Waals surface area (Å²) >= 11 is 10.5. The van der Waals surface area contributed by atoms with Crippen LogP contribution in [-0.4, -0.2) is 22.1 Å². The van der Waals surface area contributed by atoms with E-state index >= 15 is 0 Å². The van der Waals surface area contributed by atoms with E-state index in [2.05, 4.69) is 20.9 Å². The van der Waals surface area contributed by atoms with Gasteiger partial charge in [0.15, 0.2) is 4.80 Å². The first kappa shape index (κ1) is 26.8. The van der Waals surface area contributed by atoms with E-state index in [4.69, 9.17) is 20.8 Å². The zero-order valence-electron chi connectivity index (χ0n) is 20.5. The molecule has 0 spiro atoms. The Morgan fingerprint density at radius 2 is 2.03 bits per heavy atom. The van der Waals surface area contributed by atoms with Crippen LogP contribution in [0.25, 0.3) is 17.4 Å². The Bertz CT molecular complexity index is 1840. The van der Waals surface area contributed by atoms with Crippen molar-refractivity contribution in [3.63, 3.8) is 0 Å². The van der Waals surface area contributed by atoms with Crippen molar-refractivity contribution in [1.82, 2.24) is 4.57 Å². The summed E-state index contributed by atoms with van der Waals surface area (Å²) in [6.07, 6.45) is 1.58. The summed E-state index contributed by atoms with van der Waals surface area (Å²) in [5.74, 6) is 0.170. The predicted octanol–water partition coefficient (Wildman–Crippen LogP) is 5.38. The van der Waals surface area contributed by atoms with Crippen molar-refractivity contribution in [2.75, 3.05) is 6.61 Å². The molecule has 9 nitrogen and oxygen atoms in total. The Hall–Kier alpha value is -3.80. The summed E-state index contributed by atoms with van der Waals surface area (Å²) in [4.78, 5) is 42.5. The maximum Gasteiger partial charge on any atom is 0.338 e. The van der Waals surface area contributed by atoms with Gasteiger partial charge in [-0.2, -0.15) is 0 Å². The molecule has 2 aromatic carbocycles. The molecule has 0 saturated carbocycles. The smallest absolute Gasteiger partial charge is 0.338 e. The van der Waals surface area contributed by atoms with E-state index in [1.807, 2.05) is 30.3 Å². The second-order valence-electron chi connectivity index (χ2n) is 8.46. The van der Waals surface area contributed by atoms with Gasteiger partial charge in [0.2, 0.25) is 0 Å². The first-order chi connectivity index (χ1) is 18.7. The Morgan fingerprint density at radius 1 is 1.28 bits per heavy atom. The van der Waals surface area contributed by atoms with E-state index in [9.17, 15) is 19.7 Å². The number of fused-ring (bicyclic) bond motifs is 1. The molecule has 0 bridgehead atoms. The standard InChI is InChI=1S/C27H19BrClN3O6S/c1-3-37-26(34)22-14(2)30-27-31(24(22)15-7-5-4-6-8-15)25(33)21(39-27)13-17-9-10-20(38-17)16-11-18(29)23(28)19(12-16)32(35)36/h4-13,24H,3H2,1-2H3/b21-13-/t24-/m1/s1. The van der Waals surface area contributed by atoms with Gasteiger partial charge in [-0.05, 0) is 53.5 Å². The minimum Gasteiger partial charge on any atom is -0.463 e. The summed E-state index contributed by atoms with van der Waals surface area (Å²) in [6.45, 7) is 3.63. The number of ether oxygens (including phenoxy) is 1. The highest BCUT2D eigenvalue weighted by Crippen LogP contribution is 2.37. The fourth-order valence-electron chi connectivity index (χ4n) is 4.31. The number of nitro benzene ring substituents is 1. The number of nitrogens with zero attached hydrogens (tertiary/aromatic N) is 3. The zero-order valence-corrected chi connectivity index (χ0v) is 23.7. The summed E-state index contributed by atoms with van der Waals surface area (Å²) in [7, 11) is 0. The van der Waals surface area contributed by atoms with E-state index in [1.54, 1.807) is 38.1 Å². The minimum absolute atomic E-state index is 0.166. The molecule has 5 rings (SSSR count). The fourth-order valence-corrected chi connectivity index (χ4v) is 5.92. The number of nitro groups is 1. The zero-order chi connectivity index (χ0) is 27.8. The SMILES string of the molecule is CCOC(=O)C1=C(C)N=c2s/c(=C\c3ccc(-c4cc(Cl)c(Br)c([N+](=O)[O-])c4)o3)c(=O)n2[C@@H]1c1ccccc1. The maximum absolute atomic E-state index is 13.7. The van der Waals surface area contributed by atoms with E-state index in [0.717, 1.165) is 5.56 Å². The fraction of sp³-hybridized carbons (Fsp3) is 0.148. The van der Waals surface area contributed by atoms with E-state index < -0.39 is 16.9 Å². The van der Waals surface area contributed by atoms with Crippen LogP contribution in [0.1, 0.15) is 31.2 Å². The van der Waals surface area contributed by atoms with Crippen molar-refractivity contribution in [3.8, 4) is 11.3 Å². The van der Waals surface area contributed by atoms with Gasteiger partial charge in [0.25, 0.3) is 11.2 Å². The molecule has 0 amide bonds. The van der Waals surface area contributed by atoms with Gasteiger partial charge in [-0.3, -0.25) is 19.5 Å². The number of furan rings is 1. The second-order valence-corrected chi connectivity index (χ2v) is 10.7. The van der Waals surface area contributed by atoms with Crippen molar-refractivity contribution in [2.24, 2.45) is 4.99 Å². The average molecular weight is 629 g/mol. The van der Waals surface area contributed by atoms with Gasteiger partial charge in [-0.15, -0.1) is 0 Å². The second kappa shape index (κ2) is 10.8. The van der Waals surface area contributed by atoms with Gasteiger partial charge in [-0.25, -0.2) is 9.79 Å². The number of carbonyl (C=O) groups excluding carboxylic acids is 1. The van der Waals surface area contributed by atoms with Crippen LogP contribution in [0.3, 0.4) is 0 Å². The molecule has 0 N–H and O–H groups in total. The first-order valence-electron chi connectivity index (χ1n) is 11.7. The molecule has 12 heteroatoms. The minimum atomic E-state index is -0.707. The third-order valence-corrected chi connectivity index (χ3v) is 8.37. The Labute approximate surface area is 238 Å². The van der Waals surface area contributed by atoms with Crippen LogP contribution in [0.5, 0.6) is 0 Å². The van der Waals surface area contributed by atoms with Crippen LogP contribution < -0.4 is 14.9 Å². The third kappa shape index (κ3) is 5.00. The molecular formula is C27H19BrClN3O6S. The Morgan fingerprint density at radius 3 is 2.72 bits per heavy atom. The highest BCUT2D eigenvalue weighted by molar-refractivity contribution is 9.10. The molecule has 198 valence electrons. The summed E-state index contributed by atoms with van der Waals surface area (Å²) in [5, 5.41) is 11.6. The third-order valence-electron chi connectivity index (χ3n) is 6.02. The highest BCUT2D eigenvalue weighted by atomic mass is 79.9. The molecule has 3 heterocycles. The van der Waals surface area contributed by atoms with Crippen LogP contribution >= 0.6 is 38.9 Å². The molecule has 1 aliphatic heterocycles. The van der Waals surface area contributed by atoms with Crippen molar-refractivity contribution in [1.29, 1.82) is 0 Å². The molecule has 0 radical (unpaired) electrons. The summed E-state index contributed by atoms with van der Waals surface area (Å²) in [6, 6.07) is 14.7. The molecule has 39 heavy (non-hydrogen) atoms.